The van der Waals surface area contributed by atoms with E-state index in [1.807, 2.05) is 0 Å². The molecule has 0 bridgehead atoms. The Morgan fingerprint density at radius 2 is 0.730 bits per heavy atom. The summed E-state index contributed by atoms with van der Waals surface area (Å²) in [7, 11) is -4.27. The van der Waals surface area contributed by atoms with Gasteiger partial charge in [-0.3, -0.25) is 0 Å². The Morgan fingerprint density at radius 3 is 0.973 bits per heavy atom. The molecule has 0 spiro atoms. The number of benzene rings is 5. The van der Waals surface area contributed by atoms with E-state index in [2.05, 4.69) is 129 Å². The fraction of sp³-hybridized carbons (Fsp3) is 0.0625. The van der Waals surface area contributed by atoms with Crippen molar-refractivity contribution in [1.29, 1.82) is 0 Å². The summed E-state index contributed by atoms with van der Waals surface area (Å²) in [5.74, 6) is 0. The van der Waals surface area contributed by atoms with Crippen LogP contribution < -0.4 is 0 Å². The van der Waals surface area contributed by atoms with Crippen LogP contribution in [0.4, 0.5) is 0 Å². The summed E-state index contributed by atoms with van der Waals surface area (Å²) in [6.45, 7) is 4.19. The highest BCUT2D eigenvalue weighted by molar-refractivity contribution is 7.97. The highest BCUT2D eigenvalue weighted by Crippen LogP contribution is 2.30. The number of hydrogen-bond acceptors (Lipinski definition) is 3. The Bertz CT molecular complexity index is 1310. The van der Waals surface area contributed by atoms with Gasteiger partial charge >= 0.3 is 0 Å². The van der Waals surface area contributed by atoms with Gasteiger partial charge in [-0.25, -0.2) is 8.42 Å². The van der Waals surface area contributed by atoms with Crippen LogP contribution in [0.5, 0.6) is 0 Å². The minimum absolute atomic E-state index is 0.0146. The van der Waals surface area contributed by atoms with Crippen molar-refractivity contribution in [1.82, 2.24) is 0 Å². The molecule has 0 aromatic heterocycles. The number of aryl methyl sites for hydroxylation is 2. The van der Waals surface area contributed by atoms with E-state index in [0.717, 1.165) is 0 Å². The summed E-state index contributed by atoms with van der Waals surface area (Å²) >= 11 is 0. The summed E-state index contributed by atoms with van der Waals surface area (Å²) in [5.41, 5.74) is 2.66. The number of hydrogen-bond donors (Lipinski definition) is 0. The molecule has 3 nitrogen and oxygen atoms in total. The first-order valence-electron chi connectivity index (χ1n) is 11.8. The van der Waals surface area contributed by atoms with Gasteiger partial charge in [0.2, 0.25) is 0 Å². The van der Waals surface area contributed by atoms with Crippen molar-refractivity contribution in [2.24, 2.45) is 0 Å². The molecule has 5 aromatic carbocycles. The van der Waals surface area contributed by atoms with Crippen molar-refractivity contribution in [3.63, 3.8) is 0 Å². The van der Waals surface area contributed by atoms with Crippen LogP contribution >= 0.6 is 0 Å². The molecule has 0 aliphatic rings. The Morgan fingerprint density at radius 1 is 0.459 bits per heavy atom. The monoisotopic (exact) mass is 526 g/mol. The molecule has 37 heavy (non-hydrogen) atoms. The van der Waals surface area contributed by atoms with Crippen molar-refractivity contribution in [3.05, 3.63) is 157 Å². The Balaban J connectivity index is 0.000000177. The van der Waals surface area contributed by atoms with Crippen LogP contribution in [0.1, 0.15) is 11.1 Å². The van der Waals surface area contributed by atoms with Crippen molar-refractivity contribution in [2.75, 3.05) is 0 Å². The van der Waals surface area contributed by atoms with Gasteiger partial charge in [0.25, 0.3) is 0 Å². The standard InChI is InChI=1S/C18H15S.C8H10.C6H6O3S/c1-4-10-16(11-5-1)19(17-12-6-2-7-13-17)18-14-8-3-9-15-18;1-7-3-5-8(2)6-4-7;7-10(8,9)6-4-2-1-3-5-6/h1-15H;3-6H,1-2H3;1-5H,(H,7,8,9)/q+1;;/p-1. The zero-order chi connectivity index (χ0) is 26.5. The van der Waals surface area contributed by atoms with E-state index >= 15 is 0 Å². The van der Waals surface area contributed by atoms with Gasteiger partial charge in [-0.1, -0.05) is 108 Å². The molecular weight excluding hydrogens is 496 g/mol. The molecule has 0 saturated carbocycles. The van der Waals surface area contributed by atoms with Crippen LogP contribution in [0, 0.1) is 13.8 Å². The maximum absolute atomic E-state index is 10.3. The van der Waals surface area contributed by atoms with Crippen LogP contribution in [-0.2, 0) is 21.0 Å². The molecule has 0 aliphatic heterocycles. The lowest BCUT2D eigenvalue weighted by Crippen LogP contribution is -2.04. The van der Waals surface area contributed by atoms with Gasteiger partial charge in [0.05, 0.1) is 15.8 Å². The molecule has 0 radical (unpaired) electrons. The van der Waals surface area contributed by atoms with Gasteiger partial charge in [0, 0.05) is 0 Å². The van der Waals surface area contributed by atoms with E-state index in [0.29, 0.717) is 0 Å². The van der Waals surface area contributed by atoms with E-state index in [9.17, 15) is 13.0 Å². The fourth-order valence-electron chi connectivity index (χ4n) is 3.30. The fourth-order valence-corrected chi connectivity index (χ4v) is 5.90. The SMILES string of the molecule is Cc1ccc(C)cc1.O=S(=O)([O-])c1ccccc1.c1ccc([S+](c2ccccc2)c2ccccc2)cc1. The molecule has 0 saturated heterocycles. The maximum Gasteiger partial charge on any atom is 0.166 e. The normalized spacial score (nSPS) is 10.5. The van der Waals surface area contributed by atoms with E-state index in [4.69, 9.17) is 0 Å². The molecule has 0 aliphatic carbocycles. The second kappa shape index (κ2) is 14.2. The first-order valence-corrected chi connectivity index (χ1v) is 14.4. The highest BCUT2D eigenvalue weighted by Gasteiger charge is 2.27. The average molecular weight is 527 g/mol. The summed E-state index contributed by atoms with van der Waals surface area (Å²) in [5, 5.41) is 0. The van der Waals surface area contributed by atoms with Crippen LogP contribution in [0.3, 0.4) is 0 Å². The largest absolute Gasteiger partial charge is 0.744 e. The molecule has 0 unspecified atom stereocenters. The second-order valence-corrected chi connectivity index (χ2v) is 11.6. The minimum atomic E-state index is -4.25. The van der Waals surface area contributed by atoms with E-state index < -0.39 is 10.1 Å². The zero-order valence-corrected chi connectivity index (χ0v) is 22.5. The predicted octanol–water partition coefficient (Wildman–Crippen LogP) is 7.68. The Kier molecular flexibility index (Phi) is 10.7. The summed E-state index contributed by atoms with van der Waals surface area (Å²) in [6, 6.07) is 47.8. The molecule has 0 amide bonds. The lowest BCUT2D eigenvalue weighted by atomic mass is 10.2. The molecule has 188 valence electrons. The van der Waals surface area contributed by atoms with Crippen molar-refractivity contribution < 1.29 is 13.0 Å². The lowest BCUT2D eigenvalue weighted by molar-refractivity contribution is 0.463. The second-order valence-electron chi connectivity index (χ2n) is 8.17. The summed E-state index contributed by atoms with van der Waals surface area (Å²) in [4.78, 5) is 3.90. The first-order chi connectivity index (χ1) is 17.8. The van der Waals surface area contributed by atoms with Gasteiger partial charge in [-0.05, 0) is 62.4 Å². The van der Waals surface area contributed by atoms with Gasteiger partial charge in [-0.2, -0.15) is 0 Å². The van der Waals surface area contributed by atoms with E-state index in [1.54, 1.807) is 6.07 Å². The highest BCUT2D eigenvalue weighted by atomic mass is 32.2. The maximum atomic E-state index is 10.3. The lowest BCUT2D eigenvalue weighted by Gasteiger charge is -2.07. The van der Waals surface area contributed by atoms with Gasteiger partial charge in [0.1, 0.15) is 10.1 Å². The molecule has 0 N–H and O–H groups in total. The predicted molar refractivity (Wildman–Crippen MR) is 152 cm³/mol. The third-order valence-electron chi connectivity index (χ3n) is 5.19. The summed E-state index contributed by atoms with van der Waals surface area (Å²) in [6.07, 6.45) is 0. The van der Waals surface area contributed by atoms with Crippen molar-refractivity contribution in [3.8, 4) is 0 Å². The summed E-state index contributed by atoms with van der Waals surface area (Å²) < 4.78 is 30.8. The van der Waals surface area contributed by atoms with Crippen LogP contribution in [-0.4, -0.2) is 13.0 Å². The van der Waals surface area contributed by atoms with Gasteiger partial charge < -0.3 is 4.55 Å². The zero-order valence-electron chi connectivity index (χ0n) is 20.9. The quantitative estimate of drug-likeness (QED) is 0.178. The molecular formula is C32H30O3S2. The molecule has 0 heterocycles. The third-order valence-corrected chi connectivity index (χ3v) is 8.27. The van der Waals surface area contributed by atoms with E-state index in [1.165, 1.54) is 50.1 Å². The molecule has 0 atom stereocenters. The first kappa shape index (κ1) is 27.9. The van der Waals surface area contributed by atoms with Gasteiger partial charge in [0.15, 0.2) is 14.7 Å². The van der Waals surface area contributed by atoms with Crippen LogP contribution in [0.2, 0.25) is 0 Å². The molecule has 5 aromatic rings. The smallest absolute Gasteiger partial charge is 0.166 e. The van der Waals surface area contributed by atoms with Crippen LogP contribution in [0.25, 0.3) is 0 Å². The minimum Gasteiger partial charge on any atom is -0.744 e. The third kappa shape index (κ3) is 9.39. The van der Waals surface area contributed by atoms with Crippen molar-refractivity contribution >= 4 is 21.0 Å². The van der Waals surface area contributed by atoms with E-state index in [-0.39, 0.29) is 15.8 Å². The van der Waals surface area contributed by atoms with Crippen LogP contribution in [0.15, 0.2) is 165 Å². The number of rotatable bonds is 4. The average Bonchev–Trinajstić information content (AvgIpc) is 2.93. The Labute approximate surface area is 223 Å². The van der Waals surface area contributed by atoms with Crippen molar-refractivity contribution in [2.45, 2.75) is 33.4 Å². The Hall–Kier alpha value is -3.64. The topological polar surface area (TPSA) is 57.2 Å². The molecule has 5 rings (SSSR count). The molecule has 0 fully saturated rings. The molecule has 5 heteroatoms. The van der Waals surface area contributed by atoms with Gasteiger partial charge in [-0.15, -0.1) is 0 Å².